The van der Waals surface area contributed by atoms with Crippen LogP contribution in [0.1, 0.15) is 39.1 Å². The molecule has 0 radical (unpaired) electrons. The quantitative estimate of drug-likeness (QED) is 0.265. The monoisotopic (exact) mass is 578 g/mol. The highest BCUT2D eigenvalue weighted by atomic mass is 19.4. The smallest absolute Gasteiger partial charge is 0.405 e. The molecule has 10 nitrogen and oxygen atoms in total. The third kappa shape index (κ3) is 5.56. The zero-order valence-electron chi connectivity index (χ0n) is 22.8. The van der Waals surface area contributed by atoms with Crippen molar-refractivity contribution in [2.75, 3.05) is 26.0 Å². The molecule has 2 amide bonds. The number of ether oxygens (including phenoxy) is 1. The maximum Gasteiger partial charge on any atom is 0.405 e. The SMILES string of the molecule is CNC(=O)c1c(-c2ccc(C)cc2)oc2nc(NCC(F)(F)F)c(-c3cnc(OC)c(C(=O)NC4(C#N)CC4)c3)cc12. The van der Waals surface area contributed by atoms with Gasteiger partial charge >= 0.3 is 6.18 Å². The summed E-state index contributed by atoms with van der Waals surface area (Å²) < 4.78 is 51.0. The molecule has 3 heterocycles. The van der Waals surface area contributed by atoms with E-state index in [0.717, 1.165) is 5.56 Å². The van der Waals surface area contributed by atoms with Crippen LogP contribution in [0.5, 0.6) is 5.88 Å². The number of nitrogens with zero attached hydrogens (tertiary/aromatic N) is 3. The van der Waals surface area contributed by atoms with Crippen molar-refractivity contribution in [2.45, 2.75) is 31.5 Å². The van der Waals surface area contributed by atoms with E-state index in [4.69, 9.17) is 9.15 Å². The van der Waals surface area contributed by atoms with Gasteiger partial charge in [0.05, 0.1) is 24.1 Å². The summed E-state index contributed by atoms with van der Waals surface area (Å²) in [6, 6.07) is 12.1. The van der Waals surface area contributed by atoms with Gasteiger partial charge < -0.3 is 25.1 Å². The maximum absolute atomic E-state index is 13.3. The van der Waals surface area contributed by atoms with E-state index < -0.39 is 30.1 Å². The molecule has 0 saturated heterocycles. The number of hydrogen-bond acceptors (Lipinski definition) is 8. The molecular weight excluding hydrogens is 553 g/mol. The number of amides is 2. The molecule has 4 aromatic rings. The number of hydrogen-bond donors (Lipinski definition) is 3. The van der Waals surface area contributed by atoms with Crippen LogP contribution in [0.15, 0.2) is 47.0 Å². The first-order valence-electron chi connectivity index (χ1n) is 12.8. The predicted octanol–water partition coefficient (Wildman–Crippen LogP) is 4.99. The minimum Gasteiger partial charge on any atom is -0.480 e. The number of methoxy groups -OCH3 is 1. The van der Waals surface area contributed by atoms with Crippen molar-refractivity contribution in [3.8, 4) is 34.4 Å². The summed E-state index contributed by atoms with van der Waals surface area (Å²) in [5.41, 5.74) is 0.936. The zero-order valence-corrected chi connectivity index (χ0v) is 22.8. The number of benzene rings is 1. The van der Waals surface area contributed by atoms with E-state index in [1.807, 2.05) is 19.1 Å². The highest BCUT2D eigenvalue weighted by Gasteiger charge is 2.45. The second-order valence-electron chi connectivity index (χ2n) is 9.89. The lowest BCUT2D eigenvalue weighted by atomic mass is 10.0. The summed E-state index contributed by atoms with van der Waals surface area (Å²) in [7, 11) is 2.76. The molecular formula is C29H25F3N6O4. The number of rotatable bonds is 8. The standard InChI is InChI=1S/C29H25F3N6O4/c1-15-4-6-16(7-5-15)22-21(25(40)34-2)19-11-18(23(37-27(19)42-22)36-14-29(30,31)32)17-10-20(26(41-3)35-12-17)24(39)38-28(13-33)8-9-28/h4-7,10-12H,8-9,14H2,1-3H3,(H,34,40)(H,36,37)(H,38,39). The van der Waals surface area contributed by atoms with Crippen molar-refractivity contribution >= 4 is 28.7 Å². The van der Waals surface area contributed by atoms with Gasteiger partial charge in [0.2, 0.25) is 11.6 Å². The lowest BCUT2D eigenvalue weighted by molar-refractivity contribution is -0.115. The molecule has 5 rings (SSSR count). The lowest BCUT2D eigenvalue weighted by Crippen LogP contribution is -2.35. The van der Waals surface area contributed by atoms with Gasteiger partial charge in [0.15, 0.2) is 0 Å². The molecule has 3 aromatic heterocycles. The van der Waals surface area contributed by atoms with Gasteiger partial charge in [-0.2, -0.15) is 23.4 Å². The molecule has 13 heteroatoms. The minimum atomic E-state index is -4.57. The van der Waals surface area contributed by atoms with E-state index in [1.165, 1.54) is 32.5 Å². The Morgan fingerprint density at radius 1 is 1.14 bits per heavy atom. The molecule has 1 aliphatic rings. The van der Waals surface area contributed by atoms with Gasteiger partial charge in [0.1, 0.15) is 29.2 Å². The van der Waals surface area contributed by atoms with E-state index in [9.17, 15) is 28.0 Å². The Balaban J connectivity index is 1.70. The first kappa shape index (κ1) is 28.4. The first-order chi connectivity index (χ1) is 20.0. The molecule has 0 spiro atoms. The van der Waals surface area contributed by atoms with Crippen LogP contribution in [0, 0.1) is 18.3 Å². The lowest BCUT2D eigenvalue weighted by Gasteiger charge is -2.15. The highest BCUT2D eigenvalue weighted by Crippen LogP contribution is 2.39. The molecule has 1 fully saturated rings. The number of furan rings is 1. The Morgan fingerprint density at radius 2 is 1.86 bits per heavy atom. The van der Waals surface area contributed by atoms with Crippen molar-refractivity contribution in [2.24, 2.45) is 0 Å². The van der Waals surface area contributed by atoms with Crippen molar-refractivity contribution in [3.63, 3.8) is 0 Å². The second-order valence-corrected chi connectivity index (χ2v) is 9.89. The predicted molar refractivity (Wildman–Crippen MR) is 147 cm³/mol. The van der Waals surface area contributed by atoms with Crippen molar-refractivity contribution in [1.82, 2.24) is 20.6 Å². The van der Waals surface area contributed by atoms with E-state index in [1.54, 1.807) is 12.1 Å². The summed E-state index contributed by atoms with van der Waals surface area (Å²) in [4.78, 5) is 34.7. The molecule has 0 bridgehead atoms. The normalized spacial score (nSPS) is 13.7. The Kier molecular flexibility index (Phi) is 7.24. The molecule has 0 atom stereocenters. The van der Waals surface area contributed by atoms with Gasteiger partial charge in [-0.3, -0.25) is 9.59 Å². The summed E-state index contributed by atoms with van der Waals surface area (Å²) >= 11 is 0. The fourth-order valence-corrected chi connectivity index (χ4v) is 4.42. The number of aryl methyl sites for hydroxylation is 1. The summed E-state index contributed by atoms with van der Waals surface area (Å²) in [5, 5.41) is 17.2. The van der Waals surface area contributed by atoms with Crippen LogP contribution in [0.25, 0.3) is 33.6 Å². The van der Waals surface area contributed by atoms with Gasteiger partial charge in [-0.05, 0) is 31.9 Å². The topological polar surface area (TPSA) is 142 Å². The van der Waals surface area contributed by atoms with Crippen LogP contribution in [-0.4, -0.2) is 54.2 Å². The minimum absolute atomic E-state index is 0.0301. The van der Waals surface area contributed by atoms with E-state index >= 15 is 0 Å². The number of nitriles is 1. The number of carbonyl (C=O) groups excluding carboxylic acids is 2. The average molecular weight is 579 g/mol. The summed E-state index contributed by atoms with van der Waals surface area (Å²) in [6.45, 7) is 0.491. The number of nitrogens with one attached hydrogen (secondary N) is 3. The zero-order chi connectivity index (χ0) is 30.2. The van der Waals surface area contributed by atoms with Crippen LogP contribution >= 0.6 is 0 Å². The highest BCUT2D eigenvalue weighted by molar-refractivity contribution is 6.11. The van der Waals surface area contributed by atoms with Crippen LogP contribution in [-0.2, 0) is 0 Å². The number of anilines is 1. The number of halogens is 3. The molecule has 42 heavy (non-hydrogen) atoms. The maximum atomic E-state index is 13.3. The van der Waals surface area contributed by atoms with Gasteiger partial charge in [0, 0.05) is 29.9 Å². The Labute approximate surface area is 237 Å². The fraction of sp³-hybridized carbons (Fsp3) is 0.276. The summed E-state index contributed by atoms with van der Waals surface area (Å²) in [6.07, 6.45) is -2.28. The third-order valence-corrected chi connectivity index (χ3v) is 6.82. The number of aromatic nitrogens is 2. The average Bonchev–Trinajstić information content (AvgIpc) is 3.65. The van der Waals surface area contributed by atoms with Crippen LogP contribution in [0.4, 0.5) is 19.0 Å². The largest absolute Gasteiger partial charge is 0.480 e. The Morgan fingerprint density at radius 3 is 2.45 bits per heavy atom. The fourth-order valence-electron chi connectivity index (χ4n) is 4.42. The Hall–Kier alpha value is -5.12. The van der Waals surface area contributed by atoms with Gasteiger partial charge in [-0.25, -0.2) is 4.98 Å². The number of alkyl halides is 3. The molecule has 0 unspecified atom stereocenters. The van der Waals surface area contributed by atoms with Crippen LogP contribution < -0.4 is 20.7 Å². The van der Waals surface area contributed by atoms with Crippen LogP contribution in [0.2, 0.25) is 0 Å². The number of carbonyl (C=O) groups is 2. The number of fused-ring (bicyclic) bond motifs is 1. The van der Waals surface area contributed by atoms with Gasteiger partial charge in [-0.15, -0.1) is 0 Å². The van der Waals surface area contributed by atoms with Crippen molar-refractivity contribution in [1.29, 1.82) is 5.26 Å². The molecule has 0 aliphatic heterocycles. The van der Waals surface area contributed by atoms with Crippen molar-refractivity contribution < 1.29 is 31.9 Å². The number of pyridine rings is 2. The van der Waals surface area contributed by atoms with Gasteiger partial charge in [-0.1, -0.05) is 29.8 Å². The molecule has 3 N–H and O–H groups in total. The van der Waals surface area contributed by atoms with E-state index in [-0.39, 0.29) is 50.8 Å². The van der Waals surface area contributed by atoms with Crippen molar-refractivity contribution in [3.05, 3.63) is 59.3 Å². The van der Waals surface area contributed by atoms with E-state index in [2.05, 4.69) is 32.0 Å². The third-order valence-electron chi connectivity index (χ3n) is 6.82. The summed E-state index contributed by atoms with van der Waals surface area (Å²) in [5.74, 6) is -1.18. The Bertz CT molecular complexity index is 1740. The molecule has 1 saturated carbocycles. The van der Waals surface area contributed by atoms with E-state index in [0.29, 0.717) is 18.4 Å². The first-order valence-corrected chi connectivity index (χ1v) is 12.8. The van der Waals surface area contributed by atoms with Crippen LogP contribution in [0.3, 0.4) is 0 Å². The molecule has 216 valence electrons. The molecule has 1 aliphatic carbocycles. The second kappa shape index (κ2) is 10.7. The molecule has 1 aromatic carbocycles. The van der Waals surface area contributed by atoms with Gasteiger partial charge in [0.25, 0.3) is 11.8 Å².